The quantitative estimate of drug-likeness (QED) is 0.705. The van der Waals surface area contributed by atoms with Crippen molar-refractivity contribution in [2.45, 2.75) is 19.4 Å². The van der Waals surface area contributed by atoms with Crippen molar-refractivity contribution >= 4 is 5.82 Å². The number of anilines is 1. The first-order valence-corrected chi connectivity index (χ1v) is 4.99. The topological polar surface area (TPSA) is 38.2 Å². The van der Waals surface area contributed by atoms with E-state index in [-0.39, 0.29) is 5.60 Å². The second-order valence-electron chi connectivity index (χ2n) is 3.94. The molecular formula is C10H14FN3O. The first-order chi connectivity index (χ1) is 7.13. The number of halogens is 1. The predicted molar refractivity (Wildman–Crippen MR) is 54.2 cm³/mol. The van der Waals surface area contributed by atoms with Crippen LogP contribution in [-0.4, -0.2) is 35.3 Å². The normalized spacial score (nSPS) is 18.7. The summed E-state index contributed by atoms with van der Waals surface area (Å²) in [6.07, 6.45) is 1.24. The molecule has 0 atom stereocenters. The molecule has 1 aromatic rings. The van der Waals surface area contributed by atoms with Crippen LogP contribution < -0.4 is 4.90 Å². The highest BCUT2D eigenvalue weighted by Crippen LogP contribution is 2.28. The van der Waals surface area contributed by atoms with Gasteiger partial charge in [0, 0.05) is 25.8 Å². The van der Waals surface area contributed by atoms with Crippen molar-refractivity contribution in [1.29, 1.82) is 0 Å². The fourth-order valence-electron chi connectivity index (χ4n) is 1.86. The molecule has 1 fully saturated rings. The van der Waals surface area contributed by atoms with Crippen molar-refractivity contribution in [3.63, 3.8) is 0 Å². The molecule has 2 heterocycles. The summed E-state index contributed by atoms with van der Waals surface area (Å²) < 4.78 is 18.4. The van der Waals surface area contributed by atoms with Crippen LogP contribution in [0.5, 0.6) is 0 Å². The lowest BCUT2D eigenvalue weighted by Gasteiger charge is -2.48. The third-order valence-electron chi connectivity index (χ3n) is 2.49. The Bertz CT molecular complexity index is 352. The predicted octanol–water partition coefficient (Wildman–Crippen LogP) is 1.23. The number of nitrogens with zero attached hydrogens (tertiary/aromatic N) is 3. The average Bonchev–Trinajstić information content (AvgIpc) is 2.14. The van der Waals surface area contributed by atoms with Gasteiger partial charge in [-0.25, -0.2) is 9.97 Å². The standard InChI is InChI=1S/C10H14FN3O/c1-3-15-10(2)5-14(6-10)9-4-8(11)12-7-13-9/h4,7H,3,5-6H2,1-2H3. The van der Waals surface area contributed by atoms with E-state index in [0.29, 0.717) is 12.4 Å². The van der Waals surface area contributed by atoms with Crippen LogP contribution in [0.1, 0.15) is 13.8 Å². The van der Waals surface area contributed by atoms with Gasteiger partial charge in [-0.15, -0.1) is 0 Å². The largest absolute Gasteiger partial charge is 0.372 e. The van der Waals surface area contributed by atoms with E-state index >= 15 is 0 Å². The van der Waals surface area contributed by atoms with Gasteiger partial charge in [-0.2, -0.15) is 4.39 Å². The molecule has 1 aliphatic rings. The molecule has 2 rings (SSSR count). The molecule has 15 heavy (non-hydrogen) atoms. The molecule has 82 valence electrons. The molecule has 0 aromatic carbocycles. The Morgan fingerprint density at radius 3 is 2.87 bits per heavy atom. The van der Waals surface area contributed by atoms with E-state index in [9.17, 15) is 4.39 Å². The van der Waals surface area contributed by atoms with Crippen molar-refractivity contribution in [2.24, 2.45) is 0 Å². The Morgan fingerprint density at radius 1 is 1.53 bits per heavy atom. The molecule has 5 heteroatoms. The Hall–Kier alpha value is -1.23. The van der Waals surface area contributed by atoms with Crippen LogP contribution in [0.2, 0.25) is 0 Å². The second-order valence-corrected chi connectivity index (χ2v) is 3.94. The molecule has 1 aliphatic heterocycles. The van der Waals surface area contributed by atoms with Gasteiger partial charge in [0.05, 0.1) is 0 Å². The van der Waals surface area contributed by atoms with Crippen LogP contribution >= 0.6 is 0 Å². The summed E-state index contributed by atoms with van der Waals surface area (Å²) in [6, 6.07) is 1.34. The second kappa shape index (κ2) is 3.73. The summed E-state index contributed by atoms with van der Waals surface area (Å²) in [5.74, 6) is 0.129. The van der Waals surface area contributed by atoms with Gasteiger partial charge < -0.3 is 9.64 Å². The van der Waals surface area contributed by atoms with Gasteiger partial charge in [0.25, 0.3) is 0 Å². The summed E-state index contributed by atoms with van der Waals surface area (Å²) in [6.45, 7) is 6.21. The van der Waals surface area contributed by atoms with E-state index in [1.807, 2.05) is 18.7 Å². The number of ether oxygens (including phenoxy) is 1. The summed E-state index contributed by atoms with van der Waals surface area (Å²) in [7, 11) is 0. The van der Waals surface area contributed by atoms with Crippen LogP contribution in [0, 0.1) is 5.95 Å². The average molecular weight is 211 g/mol. The van der Waals surface area contributed by atoms with Crippen LogP contribution in [0.15, 0.2) is 12.4 Å². The summed E-state index contributed by atoms with van der Waals surface area (Å²) >= 11 is 0. The van der Waals surface area contributed by atoms with E-state index in [2.05, 4.69) is 9.97 Å². The van der Waals surface area contributed by atoms with E-state index in [0.717, 1.165) is 13.1 Å². The Labute approximate surface area is 88.1 Å². The van der Waals surface area contributed by atoms with Gasteiger partial charge in [-0.3, -0.25) is 0 Å². The zero-order valence-electron chi connectivity index (χ0n) is 8.90. The van der Waals surface area contributed by atoms with Crippen molar-refractivity contribution in [3.05, 3.63) is 18.3 Å². The number of hydrogen-bond acceptors (Lipinski definition) is 4. The zero-order valence-corrected chi connectivity index (χ0v) is 8.90. The van der Waals surface area contributed by atoms with Gasteiger partial charge >= 0.3 is 0 Å². The smallest absolute Gasteiger partial charge is 0.218 e. The number of hydrogen-bond donors (Lipinski definition) is 0. The molecule has 0 radical (unpaired) electrons. The van der Waals surface area contributed by atoms with Crippen molar-refractivity contribution in [3.8, 4) is 0 Å². The molecule has 0 saturated carbocycles. The van der Waals surface area contributed by atoms with Gasteiger partial charge in [-0.05, 0) is 13.8 Å². The Balaban J connectivity index is 2.00. The van der Waals surface area contributed by atoms with Gasteiger partial charge in [0.1, 0.15) is 17.7 Å². The first-order valence-electron chi connectivity index (χ1n) is 4.99. The first kappa shape index (κ1) is 10.3. The van der Waals surface area contributed by atoms with Crippen molar-refractivity contribution in [2.75, 3.05) is 24.6 Å². The minimum atomic E-state index is -0.495. The summed E-state index contributed by atoms with van der Waals surface area (Å²) in [4.78, 5) is 9.40. The van der Waals surface area contributed by atoms with Gasteiger partial charge in [-0.1, -0.05) is 0 Å². The maximum atomic E-state index is 12.8. The third kappa shape index (κ3) is 2.07. The molecule has 1 saturated heterocycles. The highest BCUT2D eigenvalue weighted by molar-refractivity contribution is 5.42. The number of rotatable bonds is 3. The molecule has 0 unspecified atom stereocenters. The summed E-state index contributed by atoms with van der Waals surface area (Å²) in [5.41, 5.74) is -0.115. The third-order valence-corrected chi connectivity index (χ3v) is 2.49. The minimum Gasteiger partial charge on any atom is -0.372 e. The molecule has 0 bridgehead atoms. The Kier molecular flexibility index (Phi) is 2.56. The van der Waals surface area contributed by atoms with Crippen molar-refractivity contribution in [1.82, 2.24) is 9.97 Å². The molecule has 4 nitrogen and oxygen atoms in total. The van der Waals surface area contributed by atoms with E-state index in [1.54, 1.807) is 0 Å². The highest BCUT2D eigenvalue weighted by Gasteiger charge is 2.40. The molecular weight excluding hydrogens is 197 g/mol. The van der Waals surface area contributed by atoms with Crippen LogP contribution in [-0.2, 0) is 4.74 Å². The van der Waals surface area contributed by atoms with E-state index in [4.69, 9.17) is 4.74 Å². The Morgan fingerprint density at radius 2 is 2.27 bits per heavy atom. The summed E-state index contributed by atoms with van der Waals surface area (Å²) in [5, 5.41) is 0. The maximum absolute atomic E-state index is 12.8. The lowest BCUT2D eigenvalue weighted by molar-refractivity contribution is -0.0449. The monoisotopic (exact) mass is 211 g/mol. The van der Waals surface area contributed by atoms with Crippen LogP contribution in [0.25, 0.3) is 0 Å². The molecule has 0 amide bonds. The fourth-order valence-corrected chi connectivity index (χ4v) is 1.86. The highest BCUT2D eigenvalue weighted by atomic mass is 19.1. The van der Waals surface area contributed by atoms with Gasteiger partial charge in [0.15, 0.2) is 0 Å². The van der Waals surface area contributed by atoms with Gasteiger partial charge in [0.2, 0.25) is 5.95 Å². The zero-order chi connectivity index (χ0) is 10.9. The fraction of sp³-hybridized carbons (Fsp3) is 0.600. The SMILES string of the molecule is CCOC1(C)CN(c2cc(F)ncn2)C1. The van der Waals surface area contributed by atoms with Crippen LogP contribution in [0.4, 0.5) is 10.2 Å². The lowest BCUT2D eigenvalue weighted by atomic mass is 9.96. The van der Waals surface area contributed by atoms with E-state index in [1.165, 1.54) is 12.4 Å². The van der Waals surface area contributed by atoms with Crippen molar-refractivity contribution < 1.29 is 9.13 Å². The lowest BCUT2D eigenvalue weighted by Crippen LogP contribution is -2.61. The van der Waals surface area contributed by atoms with E-state index < -0.39 is 5.95 Å². The molecule has 1 aromatic heterocycles. The molecule has 0 aliphatic carbocycles. The maximum Gasteiger partial charge on any atom is 0.218 e. The minimum absolute atomic E-state index is 0.115. The van der Waals surface area contributed by atoms with Crippen LogP contribution in [0.3, 0.4) is 0 Å². The molecule has 0 spiro atoms. The number of aromatic nitrogens is 2. The molecule has 0 N–H and O–H groups in total.